The summed E-state index contributed by atoms with van der Waals surface area (Å²) >= 11 is 0. The summed E-state index contributed by atoms with van der Waals surface area (Å²) in [6, 6.07) is 15.8. The van der Waals surface area contributed by atoms with Crippen LogP contribution in [0.25, 0.3) is 6.08 Å². The largest absolute Gasteiger partial charge is 0.493 e. The van der Waals surface area contributed by atoms with Crippen molar-refractivity contribution in [1.29, 1.82) is 0 Å². The van der Waals surface area contributed by atoms with Crippen LogP contribution in [0.5, 0.6) is 11.5 Å². The number of ether oxygens (including phenoxy) is 2. The van der Waals surface area contributed by atoms with Gasteiger partial charge in [0, 0.05) is 6.08 Å². The van der Waals surface area contributed by atoms with E-state index in [0.717, 1.165) is 0 Å². The zero-order chi connectivity index (χ0) is 23.8. The van der Waals surface area contributed by atoms with E-state index in [2.05, 4.69) is 10.9 Å². The third-order valence-electron chi connectivity index (χ3n) is 4.45. The first-order valence-corrected chi connectivity index (χ1v) is 11.3. The average Bonchev–Trinajstić information content (AvgIpc) is 3.29. The number of carbonyl (C=O) groups is 2. The minimum atomic E-state index is -3.62. The van der Waals surface area contributed by atoms with Crippen LogP contribution >= 0.6 is 0 Å². The Morgan fingerprint density at radius 2 is 1.67 bits per heavy atom. The van der Waals surface area contributed by atoms with Gasteiger partial charge in [-0.1, -0.05) is 24.3 Å². The summed E-state index contributed by atoms with van der Waals surface area (Å²) in [6.07, 6.45) is 2.75. The third kappa shape index (κ3) is 6.23. The molecule has 0 saturated heterocycles. The number of nitrogens with one attached hydrogen (secondary N) is 2. The molecule has 3 aromatic rings. The summed E-state index contributed by atoms with van der Waals surface area (Å²) in [5.74, 6) is -0.689. The van der Waals surface area contributed by atoms with Gasteiger partial charge >= 0.3 is 5.91 Å². The number of carbonyl (C=O) groups excluding carboxylic acids is 2. The zero-order valence-electron chi connectivity index (χ0n) is 17.9. The summed E-state index contributed by atoms with van der Waals surface area (Å²) in [6.45, 7) is 0. The van der Waals surface area contributed by atoms with Crippen LogP contribution in [0.1, 0.15) is 21.9 Å². The van der Waals surface area contributed by atoms with E-state index in [9.17, 15) is 18.0 Å². The topological polar surface area (TPSA) is 124 Å². The molecule has 0 atom stereocenters. The Balaban J connectivity index is 1.55. The molecule has 3 rings (SSSR count). The Labute approximate surface area is 190 Å². The van der Waals surface area contributed by atoms with Crippen molar-refractivity contribution in [2.75, 3.05) is 14.2 Å². The number of hydrogen-bond donors (Lipinski definition) is 2. The lowest BCUT2D eigenvalue weighted by Crippen LogP contribution is -2.40. The predicted octanol–water partition coefficient (Wildman–Crippen LogP) is 2.75. The SMILES string of the molecule is COc1ccc(/C=C/C(=O)NNC(=O)c2ccc(CS(=O)(=O)c3ccccc3)o2)cc1OC. The van der Waals surface area contributed by atoms with Gasteiger partial charge < -0.3 is 13.9 Å². The molecule has 0 aliphatic rings. The summed E-state index contributed by atoms with van der Waals surface area (Å²) in [5.41, 5.74) is 5.12. The summed E-state index contributed by atoms with van der Waals surface area (Å²) in [7, 11) is -0.590. The number of hydrogen-bond acceptors (Lipinski definition) is 7. The van der Waals surface area contributed by atoms with Crippen LogP contribution in [0.2, 0.25) is 0 Å². The van der Waals surface area contributed by atoms with Gasteiger partial charge in [-0.25, -0.2) is 8.42 Å². The van der Waals surface area contributed by atoms with E-state index in [1.807, 2.05) is 0 Å². The standard InChI is InChI=1S/C23H22N2O7S/c1-30-19-11-8-16(14-21(19)31-2)9-13-22(26)24-25-23(27)20-12-10-17(32-20)15-33(28,29)18-6-4-3-5-7-18/h3-14H,15H2,1-2H3,(H,24,26)(H,25,27)/b13-9+. The first-order valence-electron chi connectivity index (χ1n) is 9.69. The van der Waals surface area contributed by atoms with Crippen LogP contribution in [0.15, 0.2) is 76.1 Å². The lowest BCUT2D eigenvalue weighted by Gasteiger charge is -2.07. The Morgan fingerprint density at radius 1 is 0.939 bits per heavy atom. The number of benzene rings is 2. The van der Waals surface area contributed by atoms with Crippen LogP contribution in [-0.4, -0.2) is 34.5 Å². The van der Waals surface area contributed by atoms with Gasteiger partial charge in [0.25, 0.3) is 5.91 Å². The van der Waals surface area contributed by atoms with E-state index in [-0.39, 0.29) is 16.4 Å². The zero-order valence-corrected chi connectivity index (χ0v) is 18.7. The average molecular weight is 471 g/mol. The quantitative estimate of drug-likeness (QED) is 0.383. The molecule has 10 heteroatoms. The van der Waals surface area contributed by atoms with E-state index in [1.165, 1.54) is 50.6 Å². The molecular formula is C23H22N2O7S. The molecular weight excluding hydrogens is 448 g/mol. The van der Waals surface area contributed by atoms with Crippen LogP contribution in [-0.2, 0) is 20.4 Å². The van der Waals surface area contributed by atoms with Crippen LogP contribution in [0.3, 0.4) is 0 Å². The fraction of sp³-hybridized carbons (Fsp3) is 0.130. The second kappa shape index (κ2) is 10.5. The van der Waals surface area contributed by atoms with Crippen molar-refractivity contribution in [2.24, 2.45) is 0 Å². The fourth-order valence-electron chi connectivity index (χ4n) is 2.83. The molecule has 9 nitrogen and oxygen atoms in total. The molecule has 1 aromatic heterocycles. The Kier molecular flexibility index (Phi) is 7.52. The maximum atomic E-state index is 12.4. The fourth-order valence-corrected chi connectivity index (χ4v) is 4.09. The van der Waals surface area contributed by atoms with Gasteiger partial charge in [-0.3, -0.25) is 20.4 Å². The molecule has 33 heavy (non-hydrogen) atoms. The summed E-state index contributed by atoms with van der Waals surface area (Å²) in [4.78, 5) is 24.4. The van der Waals surface area contributed by atoms with E-state index in [0.29, 0.717) is 17.1 Å². The Bertz CT molecular complexity index is 1260. The van der Waals surface area contributed by atoms with Gasteiger partial charge in [-0.2, -0.15) is 0 Å². The second-order valence-electron chi connectivity index (χ2n) is 6.73. The Morgan fingerprint density at radius 3 is 2.36 bits per heavy atom. The second-order valence-corrected chi connectivity index (χ2v) is 8.72. The number of methoxy groups -OCH3 is 2. The highest BCUT2D eigenvalue weighted by Crippen LogP contribution is 2.27. The smallest absolute Gasteiger partial charge is 0.305 e. The molecule has 0 fully saturated rings. The maximum Gasteiger partial charge on any atom is 0.305 e. The third-order valence-corrected chi connectivity index (χ3v) is 6.11. The molecule has 0 bridgehead atoms. The molecule has 0 saturated carbocycles. The molecule has 2 amide bonds. The van der Waals surface area contributed by atoms with Gasteiger partial charge in [-0.15, -0.1) is 0 Å². The summed E-state index contributed by atoms with van der Waals surface area (Å²) in [5, 5.41) is 0. The van der Waals surface area contributed by atoms with Crippen molar-refractivity contribution in [1.82, 2.24) is 10.9 Å². The lowest BCUT2D eigenvalue weighted by atomic mass is 10.2. The van der Waals surface area contributed by atoms with Crippen LogP contribution in [0.4, 0.5) is 0 Å². The van der Waals surface area contributed by atoms with E-state index in [1.54, 1.807) is 36.4 Å². The molecule has 0 unspecified atom stereocenters. The normalized spacial score (nSPS) is 11.2. The molecule has 172 valence electrons. The number of amides is 2. The minimum absolute atomic E-state index is 0.101. The van der Waals surface area contributed by atoms with Crippen molar-refractivity contribution in [3.63, 3.8) is 0 Å². The van der Waals surface area contributed by atoms with Gasteiger partial charge in [0.15, 0.2) is 27.1 Å². The number of hydrazine groups is 1. The van der Waals surface area contributed by atoms with Crippen molar-refractivity contribution < 1.29 is 31.9 Å². The monoisotopic (exact) mass is 470 g/mol. The molecule has 0 aliphatic carbocycles. The van der Waals surface area contributed by atoms with Gasteiger partial charge in [0.1, 0.15) is 11.5 Å². The lowest BCUT2D eigenvalue weighted by molar-refractivity contribution is -0.117. The highest BCUT2D eigenvalue weighted by atomic mass is 32.2. The highest BCUT2D eigenvalue weighted by Gasteiger charge is 2.19. The minimum Gasteiger partial charge on any atom is -0.493 e. The van der Waals surface area contributed by atoms with E-state index >= 15 is 0 Å². The molecule has 0 spiro atoms. The van der Waals surface area contributed by atoms with Gasteiger partial charge in [0.2, 0.25) is 0 Å². The number of furan rings is 1. The van der Waals surface area contributed by atoms with Crippen molar-refractivity contribution in [3.05, 3.63) is 83.8 Å². The van der Waals surface area contributed by atoms with E-state index in [4.69, 9.17) is 13.9 Å². The van der Waals surface area contributed by atoms with Crippen molar-refractivity contribution >= 4 is 27.7 Å². The van der Waals surface area contributed by atoms with Crippen molar-refractivity contribution in [2.45, 2.75) is 10.6 Å². The van der Waals surface area contributed by atoms with E-state index < -0.39 is 27.4 Å². The van der Waals surface area contributed by atoms with Crippen LogP contribution in [0, 0.1) is 0 Å². The maximum absolute atomic E-state index is 12.4. The molecule has 1 heterocycles. The highest BCUT2D eigenvalue weighted by molar-refractivity contribution is 7.90. The van der Waals surface area contributed by atoms with Gasteiger partial charge in [-0.05, 0) is 48.0 Å². The Hall–Kier alpha value is -4.05. The van der Waals surface area contributed by atoms with Crippen LogP contribution < -0.4 is 20.3 Å². The first kappa shape index (κ1) is 23.6. The predicted molar refractivity (Wildman–Crippen MR) is 120 cm³/mol. The molecule has 0 aliphatic heterocycles. The molecule has 2 N–H and O–H groups in total. The first-order chi connectivity index (χ1) is 15.8. The molecule has 2 aromatic carbocycles. The summed E-state index contributed by atoms with van der Waals surface area (Å²) < 4.78 is 40.5. The van der Waals surface area contributed by atoms with Crippen molar-refractivity contribution in [3.8, 4) is 11.5 Å². The van der Waals surface area contributed by atoms with Gasteiger partial charge in [0.05, 0.1) is 19.1 Å². The number of rotatable bonds is 8. The molecule has 0 radical (unpaired) electrons. The number of sulfone groups is 1.